The van der Waals surface area contributed by atoms with Crippen molar-refractivity contribution in [2.45, 2.75) is 98.0 Å². The van der Waals surface area contributed by atoms with Crippen LogP contribution >= 0.6 is 0 Å². The zero-order valence-electron chi connectivity index (χ0n) is 25.5. The number of nitrogens with one attached hydrogen (secondary N) is 2. The summed E-state index contributed by atoms with van der Waals surface area (Å²) < 4.78 is 21.2. The number of Topliss-reactive ketones (excluding diaryl/α,β-unsaturated/α-hetero) is 1. The Morgan fingerprint density at radius 3 is 1.98 bits per heavy atom. The van der Waals surface area contributed by atoms with Crippen molar-refractivity contribution in [3.63, 3.8) is 0 Å². The van der Waals surface area contributed by atoms with Crippen LogP contribution in [0, 0.1) is 24.2 Å². The standard InChI is InChI=1S/C31H42N2O8/c1-11-17-38-18-13-12-14-21-15-16-23(32-27(36)40-30(5,6)7)22(19-21)25(34)20-24(26(35)39-29(2,3)4)33-28(37)41-31(8,9)10/h1,15-16,19,24H,14,17-18,20H2,2-10H3,(H,32,36)(H,33,37)/t24-/m0/s1. The maximum atomic E-state index is 13.6. The number of hydrogen-bond acceptors (Lipinski definition) is 8. The molecule has 0 radical (unpaired) electrons. The number of esters is 1. The van der Waals surface area contributed by atoms with E-state index in [4.69, 9.17) is 25.4 Å². The number of carbonyl (C=O) groups excluding carboxylic acids is 4. The molecule has 0 aliphatic heterocycles. The maximum Gasteiger partial charge on any atom is 0.412 e. The fourth-order valence-corrected chi connectivity index (χ4v) is 3.14. The molecule has 1 rings (SSSR count). The van der Waals surface area contributed by atoms with Crippen LogP contribution in [-0.2, 0) is 30.2 Å². The molecule has 0 spiro atoms. The van der Waals surface area contributed by atoms with Crippen molar-refractivity contribution in [2.75, 3.05) is 18.5 Å². The molecule has 0 saturated carbocycles. The van der Waals surface area contributed by atoms with E-state index in [2.05, 4.69) is 28.4 Å². The summed E-state index contributed by atoms with van der Waals surface area (Å²) in [7, 11) is 0. The van der Waals surface area contributed by atoms with Crippen molar-refractivity contribution >= 4 is 29.6 Å². The molecule has 0 fully saturated rings. The molecule has 2 amide bonds. The van der Waals surface area contributed by atoms with Gasteiger partial charge >= 0.3 is 18.2 Å². The molecule has 1 atom stereocenters. The second kappa shape index (κ2) is 15.1. The number of ketones is 1. The minimum Gasteiger partial charge on any atom is -0.458 e. The van der Waals surface area contributed by atoms with Crippen molar-refractivity contribution in [1.29, 1.82) is 0 Å². The van der Waals surface area contributed by atoms with E-state index in [9.17, 15) is 19.2 Å². The van der Waals surface area contributed by atoms with Gasteiger partial charge in [0, 0.05) is 18.4 Å². The van der Waals surface area contributed by atoms with E-state index in [0.717, 1.165) is 0 Å². The summed E-state index contributed by atoms with van der Waals surface area (Å²) in [4.78, 5) is 51.6. The predicted molar refractivity (Wildman–Crippen MR) is 155 cm³/mol. The van der Waals surface area contributed by atoms with Gasteiger partial charge in [0.2, 0.25) is 0 Å². The van der Waals surface area contributed by atoms with E-state index in [1.54, 1.807) is 80.5 Å². The number of alkyl carbamates (subject to hydrolysis) is 1. The molecule has 1 aromatic carbocycles. The molecule has 0 bridgehead atoms. The minimum absolute atomic E-state index is 0.0956. The molecule has 224 valence electrons. The Bertz CT molecular complexity index is 1200. The SMILES string of the molecule is C#CCOCC#CCc1ccc(NC(=O)OC(C)(C)C)c(C(=O)C[C@H](NC(=O)OC(C)(C)C)C(=O)OC(C)(C)C)c1. The van der Waals surface area contributed by atoms with Gasteiger partial charge < -0.3 is 24.3 Å². The molecule has 10 nitrogen and oxygen atoms in total. The summed E-state index contributed by atoms with van der Waals surface area (Å²) in [5.74, 6) is 6.76. The summed E-state index contributed by atoms with van der Waals surface area (Å²) in [5, 5.41) is 5.04. The Morgan fingerprint density at radius 2 is 1.41 bits per heavy atom. The van der Waals surface area contributed by atoms with Crippen molar-refractivity contribution in [3.05, 3.63) is 29.3 Å². The maximum absolute atomic E-state index is 13.6. The molecular formula is C31H42N2O8. The first kappa shape index (κ1) is 35.0. The van der Waals surface area contributed by atoms with Crippen molar-refractivity contribution in [3.8, 4) is 24.2 Å². The first-order chi connectivity index (χ1) is 18.8. The van der Waals surface area contributed by atoms with E-state index < -0.39 is 53.2 Å². The van der Waals surface area contributed by atoms with Crippen LogP contribution in [0.4, 0.5) is 15.3 Å². The normalized spacial score (nSPS) is 12.1. The lowest BCUT2D eigenvalue weighted by Gasteiger charge is -2.26. The highest BCUT2D eigenvalue weighted by molar-refractivity contribution is 6.06. The van der Waals surface area contributed by atoms with Crippen molar-refractivity contribution in [2.24, 2.45) is 0 Å². The summed E-state index contributed by atoms with van der Waals surface area (Å²) in [6, 6.07) is 3.45. The molecule has 2 N–H and O–H groups in total. The van der Waals surface area contributed by atoms with Crippen LogP contribution in [0.1, 0.15) is 84.7 Å². The molecule has 1 aromatic rings. The largest absolute Gasteiger partial charge is 0.458 e. The number of rotatable bonds is 9. The number of hydrogen-bond donors (Lipinski definition) is 2. The number of amides is 2. The molecule has 41 heavy (non-hydrogen) atoms. The van der Waals surface area contributed by atoms with E-state index in [0.29, 0.717) is 5.56 Å². The highest BCUT2D eigenvalue weighted by atomic mass is 16.6. The highest BCUT2D eigenvalue weighted by Crippen LogP contribution is 2.23. The predicted octanol–water partition coefficient (Wildman–Crippen LogP) is 5.04. The number of benzene rings is 1. The first-order valence-electron chi connectivity index (χ1n) is 13.1. The Balaban J connectivity index is 3.35. The van der Waals surface area contributed by atoms with E-state index in [-0.39, 0.29) is 30.9 Å². The van der Waals surface area contributed by atoms with E-state index in [1.807, 2.05) is 0 Å². The van der Waals surface area contributed by atoms with Gasteiger partial charge in [-0.15, -0.1) is 6.42 Å². The number of carbonyl (C=O) groups is 4. The Labute approximate surface area is 243 Å². The third-order valence-electron chi connectivity index (χ3n) is 4.57. The molecule has 0 aromatic heterocycles. The van der Waals surface area contributed by atoms with Crippen LogP contribution in [-0.4, -0.2) is 60.0 Å². The van der Waals surface area contributed by atoms with Gasteiger partial charge in [-0.25, -0.2) is 14.4 Å². The second-order valence-electron chi connectivity index (χ2n) is 12.1. The average Bonchev–Trinajstić information content (AvgIpc) is 2.78. The fourth-order valence-electron chi connectivity index (χ4n) is 3.14. The lowest BCUT2D eigenvalue weighted by Crippen LogP contribution is -2.47. The number of anilines is 1. The topological polar surface area (TPSA) is 129 Å². The van der Waals surface area contributed by atoms with Crippen LogP contribution in [0.15, 0.2) is 18.2 Å². The third-order valence-corrected chi connectivity index (χ3v) is 4.57. The van der Waals surface area contributed by atoms with Gasteiger partial charge in [0.1, 0.15) is 36.1 Å². The fraction of sp³-hybridized carbons (Fsp3) is 0.548. The van der Waals surface area contributed by atoms with Gasteiger partial charge in [0.15, 0.2) is 5.78 Å². The zero-order valence-corrected chi connectivity index (χ0v) is 25.5. The Morgan fingerprint density at radius 1 is 0.829 bits per heavy atom. The molecule has 0 aliphatic carbocycles. The van der Waals surface area contributed by atoms with E-state index in [1.165, 1.54) is 0 Å². The van der Waals surface area contributed by atoms with Gasteiger partial charge in [0.05, 0.1) is 5.69 Å². The molecule has 0 saturated heterocycles. The number of terminal acetylenes is 1. The van der Waals surface area contributed by atoms with Gasteiger partial charge in [-0.05, 0) is 80.0 Å². The monoisotopic (exact) mass is 570 g/mol. The van der Waals surface area contributed by atoms with Crippen molar-refractivity contribution in [1.82, 2.24) is 5.32 Å². The smallest absolute Gasteiger partial charge is 0.412 e. The van der Waals surface area contributed by atoms with Crippen molar-refractivity contribution < 1.29 is 38.1 Å². The lowest BCUT2D eigenvalue weighted by molar-refractivity contribution is -0.157. The summed E-state index contributed by atoms with van der Waals surface area (Å²) in [5.41, 5.74) is -1.55. The molecule has 0 unspecified atom stereocenters. The molecular weight excluding hydrogens is 528 g/mol. The summed E-state index contributed by atoms with van der Waals surface area (Å²) in [6.07, 6.45) is 3.31. The number of ether oxygens (including phenoxy) is 4. The summed E-state index contributed by atoms with van der Waals surface area (Å²) in [6.45, 7) is 15.5. The minimum atomic E-state index is -1.36. The van der Waals surface area contributed by atoms with Crippen LogP contribution in [0.5, 0.6) is 0 Å². The molecule has 0 heterocycles. The second-order valence-corrected chi connectivity index (χ2v) is 12.1. The molecule has 0 aliphatic rings. The quantitative estimate of drug-likeness (QED) is 0.139. The molecule has 10 heteroatoms. The lowest BCUT2D eigenvalue weighted by atomic mass is 9.98. The van der Waals surface area contributed by atoms with E-state index >= 15 is 0 Å². The first-order valence-corrected chi connectivity index (χ1v) is 13.1. The zero-order chi connectivity index (χ0) is 31.4. The van der Waals surface area contributed by atoms with Crippen LogP contribution in [0.25, 0.3) is 0 Å². The van der Waals surface area contributed by atoms with Crippen LogP contribution in [0.3, 0.4) is 0 Å². The van der Waals surface area contributed by atoms with Gasteiger partial charge in [-0.2, -0.15) is 0 Å². The Kier molecular flexibility index (Phi) is 12.9. The van der Waals surface area contributed by atoms with Crippen LogP contribution < -0.4 is 10.6 Å². The average molecular weight is 571 g/mol. The third kappa shape index (κ3) is 15.4. The van der Waals surface area contributed by atoms with Gasteiger partial charge in [-0.1, -0.05) is 23.8 Å². The van der Waals surface area contributed by atoms with Gasteiger partial charge in [0.25, 0.3) is 0 Å². The van der Waals surface area contributed by atoms with Crippen LogP contribution in [0.2, 0.25) is 0 Å². The highest BCUT2D eigenvalue weighted by Gasteiger charge is 2.32. The van der Waals surface area contributed by atoms with Gasteiger partial charge in [-0.3, -0.25) is 10.1 Å². The summed E-state index contributed by atoms with van der Waals surface area (Å²) >= 11 is 0. The Hall–Kier alpha value is -4.02.